The van der Waals surface area contributed by atoms with Crippen LogP contribution in [0.25, 0.3) is 10.6 Å². The van der Waals surface area contributed by atoms with Crippen molar-refractivity contribution >= 4 is 11.3 Å². The highest BCUT2D eigenvalue weighted by atomic mass is 32.1. The summed E-state index contributed by atoms with van der Waals surface area (Å²) in [5.74, 6) is 0.627. The number of methoxy groups -OCH3 is 1. The van der Waals surface area contributed by atoms with Crippen LogP contribution in [0.4, 0.5) is 4.39 Å². The lowest BCUT2D eigenvalue weighted by Gasteiger charge is -2.05. The van der Waals surface area contributed by atoms with Gasteiger partial charge in [0, 0.05) is 24.0 Å². The van der Waals surface area contributed by atoms with Gasteiger partial charge < -0.3 is 10.1 Å². The molecule has 2 aromatic carbocycles. The van der Waals surface area contributed by atoms with Crippen LogP contribution in [-0.4, -0.2) is 12.1 Å². The molecule has 0 saturated heterocycles. The summed E-state index contributed by atoms with van der Waals surface area (Å²) in [6.07, 6.45) is 0. The van der Waals surface area contributed by atoms with Gasteiger partial charge in [0.1, 0.15) is 16.6 Å². The fourth-order valence-electron chi connectivity index (χ4n) is 2.23. The third kappa shape index (κ3) is 4.15. The van der Waals surface area contributed by atoms with E-state index in [1.807, 2.05) is 23.6 Å². The molecule has 1 heterocycles. The minimum Gasteiger partial charge on any atom is -0.497 e. The second kappa shape index (κ2) is 7.35. The molecule has 0 atom stereocenters. The zero-order chi connectivity index (χ0) is 16.1. The van der Waals surface area contributed by atoms with E-state index >= 15 is 0 Å². The van der Waals surface area contributed by atoms with E-state index in [1.54, 1.807) is 30.6 Å². The molecule has 3 aromatic rings. The minimum atomic E-state index is -0.231. The van der Waals surface area contributed by atoms with Crippen molar-refractivity contribution in [1.29, 1.82) is 0 Å². The van der Waals surface area contributed by atoms with Crippen LogP contribution in [0.3, 0.4) is 0 Å². The van der Waals surface area contributed by atoms with E-state index in [9.17, 15) is 4.39 Å². The fourth-order valence-corrected chi connectivity index (χ4v) is 3.06. The molecule has 0 aliphatic carbocycles. The molecule has 23 heavy (non-hydrogen) atoms. The van der Waals surface area contributed by atoms with Crippen molar-refractivity contribution in [2.24, 2.45) is 0 Å². The van der Waals surface area contributed by atoms with Gasteiger partial charge in [-0.05, 0) is 42.0 Å². The van der Waals surface area contributed by atoms with Crippen molar-refractivity contribution in [2.45, 2.75) is 13.1 Å². The second-order valence-corrected chi connectivity index (χ2v) is 5.96. The summed E-state index contributed by atoms with van der Waals surface area (Å²) in [5.41, 5.74) is 3.09. The summed E-state index contributed by atoms with van der Waals surface area (Å²) >= 11 is 1.57. The van der Waals surface area contributed by atoms with Crippen molar-refractivity contribution in [3.8, 4) is 16.3 Å². The number of aromatic nitrogens is 1. The van der Waals surface area contributed by atoms with Gasteiger partial charge in [-0.25, -0.2) is 9.37 Å². The van der Waals surface area contributed by atoms with E-state index in [4.69, 9.17) is 4.74 Å². The Balaban J connectivity index is 1.58. The van der Waals surface area contributed by atoms with Gasteiger partial charge in [0.05, 0.1) is 12.8 Å². The van der Waals surface area contributed by atoms with Crippen LogP contribution >= 0.6 is 11.3 Å². The first-order chi connectivity index (χ1) is 11.2. The van der Waals surface area contributed by atoms with Gasteiger partial charge in [-0.3, -0.25) is 0 Å². The lowest BCUT2D eigenvalue weighted by atomic mass is 10.2. The molecule has 0 aliphatic heterocycles. The first kappa shape index (κ1) is 15.6. The van der Waals surface area contributed by atoms with E-state index in [0.29, 0.717) is 6.54 Å². The second-order valence-electron chi connectivity index (χ2n) is 5.11. The molecule has 3 rings (SSSR count). The van der Waals surface area contributed by atoms with Crippen LogP contribution in [0.1, 0.15) is 11.3 Å². The third-order valence-corrected chi connectivity index (χ3v) is 4.35. The van der Waals surface area contributed by atoms with Gasteiger partial charge in [0.25, 0.3) is 0 Å². The predicted octanol–water partition coefficient (Wildman–Crippen LogP) is 4.25. The molecule has 0 fully saturated rings. The van der Waals surface area contributed by atoms with Crippen molar-refractivity contribution in [1.82, 2.24) is 10.3 Å². The minimum absolute atomic E-state index is 0.231. The number of hydrogen-bond acceptors (Lipinski definition) is 4. The first-order valence-electron chi connectivity index (χ1n) is 7.28. The molecule has 0 saturated carbocycles. The summed E-state index contributed by atoms with van der Waals surface area (Å²) in [5, 5.41) is 6.30. The fraction of sp³-hybridized carbons (Fsp3) is 0.167. The Morgan fingerprint density at radius 2 is 1.96 bits per heavy atom. The maximum Gasteiger partial charge on any atom is 0.123 e. The van der Waals surface area contributed by atoms with Crippen LogP contribution < -0.4 is 10.1 Å². The molecular weight excluding hydrogens is 311 g/mol. The molecule has 0 spiro atoms. The van der Waals surface area contributed by atoms with Gasteiger partial charge in [-0.1, -0.05) is 12.1 Å². The number of benzene rings is 2. The first-order valence-corrected chi connectivity index (χ1v) is 8.16. The zero-order valence-corrected chi connectivity index (χ0v) is 13.6. The van der Waals surface area contributed by atoms with Gasteiger partial charge in [-0.2, -0.15) is 0 Å². The standard InChI is InChI=1S/C18H17FN2OS/c1-22-17-4-2-3-13(9-17)10-20-11-16-12-23-18(21-16)14-5-7-15(19)8-6-14/h2-9,12,20H,10-11H2,1H3. The summed E-state index contributed by atoms with van der Waals surface area (Å²) in [7, 11) is 1.67. The van der Waals surface area contributed by atoms with Gasteiger partial charge >= 0.3 is 0 Å². The van der Waals surface area contributed by atoms with Gasteiger partial charge in [0.2, 0.25) is 0 Å². The Bertz CT molecular complexity index is 771. The summed E-state index contributed by atoms with van der Waals surface area (Å²) in [6.45, 7) is 1.44. The molecule has 0 amide bonds. The van der Waals surface area contributed by atoms with Gasteiger partial charge in [-0.15, -0.1) is 11.3 Å². The lowest BCUT2D eigenvalue weighted by Crippen LogP contribution is -2.12. The van der Waals surface area contributed by atoms with Gasteiger partial charge in [0.15, 0.2) is 0 Å². The van der Waals surface area contributed by atoms with E-state index < -0.39 is 0 Å². The number of rotatable bonds is 6. The van der Waals surface area contributed by atoms with Crippen LogP contribution in [0.15, 0.2) is 53.9 Å². The molecule has 0 radical (unpaired) electrons. The molecule has 118 valence electrons. The molecule has 5 heteroatoms. The van der Waals surface area contributed by atoms with Crippen LogP contribution in [0.5, 0.6) is 5.75 Å². The highest BCUT2D eigenvalue weighted by Gasteiger charge is 2.05. The normalized spacial score (nSPS) is 10.7. The van der Waals surface area contributed by atoms with Crippen molar-refractivity contribution in [2.75, 3.05) is 7.11 Å². The van der Waals surface area contributed by atoms with Crippen LogP contribution in [-0.2, 0) is 13.1 Å². The molecule has 1 N–H and O–H groups in total. The Morgan fingerprint density at radius 1 is 1.13 bits per heavy atom. The van der Waals surface area contributed by atoms with E-state index in [1.165, 1.54) is 17.7 Å². The molecule has 0 unspecified atom stereocenters. The van der Waals surface area contributed by atoms with Crippen LogP contribution in [0, 0.1) is 5.82 Å². The Labute approximate surface area is 138 Å². The number of ether oxygens (including phenoxy) is 1. The number of nitrogens with one attached hydrogen (secondary N) is 1. The van der Waals surface area contributed by atoms with Crippen molar-refractivity contribution in [3.63, 3.8) is 0 Å². The maximum absolute atomic E-state index is 13.0. The van der Waals surface area contributed by atoms with Crippen LogP contribution in [0.2, 0.25) is 0 Å². The highest BCUT2D eigenvalue weighted by Crippen LogP contribution is 2.23. The molecule has 0 bridgehead atoms. The number of halogens is 1. The highest BCUT2D eigenvalue weighted by molar-refractivity contribution is 7.13. The summed E-state index contributed by atoms with van der Waals surface area (Å²) in [4.78, 5) is 4.58. The largest absolute Gasteiger partial charge is 0.497 e. The quantitative estimate of drug-likeness (QED) is 0.734. The Morgan fingerprint density at radius 3 is 2.74 bits per heavy atom. The Kier molecular flexibility index (Phi) is 5.00. The SMILES string of the molecule is COc1cccc(CNCc2csc(-c3ccc(F)cc3)n2)c1. The van der Waals surface area contributed by atoms with E-state index in [-0.39, 0.29) is 5.82 Å². The summed E-state index contributed by atoms with van der Waals surface area (Å²) < 4.78 is 18.2. The smallest absolute Gasteiger partial charge is 0.123 e. The van der Waals surface area contributed by atoms with Crippen molar-refractivity contribution in [3.05, 3.63) is 71.0 Å². The van der Waals surface area contributed by atoms with Crippen molar-refractivity contribution < 1.29 is 9.13 Å². The lowest BCUT2D eigenvalue weighted by molar-refractivity contribution is 0.414. The predicted molar refractivity (Wildman–Crippen MR) is 91.0 cm³/mol. The topological polar surface area (TPSA) is 34.1 Å². The number of thiazole rings is 1. The zero-order valence-electron chi connectivity index (χ0n) is 12.8. The molecule has 3 nitrogen and oxygen atoms in total. The summed E-state index contributed by atoms with van der Waals surface area (Å²) in [6, 6.07) is 14.4. The molecule has 1 aromatic heterocycles. The average Bonchev–Trinajstić information content (AvgIpc) is 3.04. The monoisotopic (exact) mass is 328 g/mol. The molecule has 0 aliphatic rings. The maximum atomic E-state index is 13.0. The molecular formula is C18H17FN2OS. The third-order valence-electron chi connectivity index (χ3n) is 3.41. The number of nitrogens with zero attached hydrogens (tertiary/aromatic N) is 1. The average molecular weight is 328 g/mol. The Hall–Kier alpha value is -2.24. The van der Waals surface area contributed by atoms with E-state index in [0.717, 1.165) is 28.6 Å². The number of hydrogen-bond donors (Lipinski definition) is 1. The van der Waals surface area contributed by atoms with E-state index in [2.05, 4.69) is 16.4 Å².